The SMILES string of the molecule is CCOc1cc(NS(=O)(=O)c2cc(Cl)c(O)c(C(N)=O)c2)cc2[nH]ccc12. The number of carbonyl (C=O) groups excluding carboxylic acids is 1. The van der Waals surface area contributed by atoms with Crippen LogP contribution >= 0.6 is 11.6 Å². The largest absolute Gasteiger partial charge is 0.506 e. The minimum absolute atomic E-state index is 0.248. The van der Waals surface area contributed by atoms with E-state index in [1.807, 2.05) is 13.0 Å². The maximum atomic E-state index is 12.7. The van der Waals surface area contributed by atoms with E-state index in [2.05, 4.69) is 9.71 Å². The number of amides is 1. The standard InChI is InChI=1S/C17H16ClN3O5S/c1-2-26-15-6-9(5-14-11(15)3-4-20-14)21-27(24,25)10-7-12(17(19)23)16(22)13(18)8-10/h3-8,20-22H,2H2,1H3,(H2,19,23). The monoisotopic (exact) mass is 409 g/mol. The van der Waals surface area contributed by atoms with Crippen LogP contribution in [-0.2, 0) is 10.0 Å². The second-order valence-electron chi connectivity index (χ2n) is 5.62. The van der Waals surface area contributed by atoms with Gasteiger partial charge in [0.2, 0.25) is 0 Å². The minimum atomic E-state index is -4.11. The first-order chi connectivity index (χ1) is 12.7. The smallest absolute Gasteiger partial charge is 0.261 e. The summed E-state index contributed by atoms with van der Waals surface area (Å²) in [6.07, 6.45) is 1.71. The normalized spacial score (nSPS) is 11.5. The molecule has 0 saturated heterocycles. The second-order valence-corrected chi connectivity index (χ2v) is 7.71. The highest BCUT2D eigenvalue weighted by Crippen LogP contribution is 2.33. The van der Waals surface area contributed by atoms with Gasteiger partial charge in [0.15, 0.2) is 0 Å². The Labute approximate surface area is 159 Å². The predicted molar refractivity (Wildman–Crippen MR) is 102 cm³/mol. The van der Waals surface area contributed by atoms with E-state index in [1.54, 1.807) is 18.3 Å². The number of rotatable bonds is 6. The van der Waals surface area contributed by atoms with E-state index in [9.17, 15) is 18.3 Å². The zero-order chi connectivity index (χ0) is 19.8. The van der Waals surface area contributed by atoms with Gasteiger partial charge in [-0.15, -0.1) is 0 Å². The van der Waals surface area contributed by atoms with E-state index in [4.69, 9.17) is 22.1 Å². The van der Waals surface area contributed by atoms with Crippen molar-refractivity contribution in [1.82, 2.24) is 4.98 Å². The van der Waals surface area contributed by atoms with Crippen LogP contribution in [-0.4, -0.2) is 31.0 Å². The summed E-state index contributed by atoms with van der Waals surface area (Å²) in [6.45, 7) is 2.23. The van der Waals surface area contributed by atoms with Crippen molar-refractivity contribution in [2.45, 2.75) is 11.8 Å². The summed E-state index contributed by atoms with van der Waals surface area (Å²) in [7, 11) is -4.11. The van der Waals surface area contributed by atoms with E-state index in [-0.39, 0.29) is 15.6 Å². The number of sulfonamides is 1. The van der Waals surface area contributed by atoms with E-state index < -0.39 is 27.2 Å². The van der Waals surface area contributed by atoms with Gasteiger partial charge in [-0.05, 0) is 31.2 Å². The van der Waals surface area contributed by atoms with Gasteiger partial charge in [-0.1, -0.05) is 11.6 Å². The highest BCUT2D eigenvalue weighted by atomic mass is 35.5. The molecule has 142 valence electrons. The molecule has 0 bridgehead atoms. The number of fused-ring (bicyclic) bond motifs is 1. The van der Waals surface area contributed by atoms with Gasteiger partial charge in [0, 0.05) is 17.6 Å². The van der Waals surface area contributed by atoms with E-state index >= 15 is 0 Å². The Morgan fingerprint density at radius 3 is 2.74 bits per heavy atom. The molecular formula is C17H16ClN3O5S. The zero-order valence-corrected chi connectivity index (χ0v) is 15.7. The molecule has 0 aliphatic heterocycles. The van der Waals surface area contributed by atoms with Crippen molar-refractivity contribution in [3.8, 4) is 11.5 Å². The maximum absolute atomic E-state index is 12.7. The van der Waals surface area contributed by atoms with Crippen molar-refractivity contribution in [2.75, 3.05) is 11.3 Å². The van der Waals surface area contributed by atoms with Gasteiger partial charge in [0.1, 0.15) is 11.5 Å². The van der Waals surface area contributed by atoms with Crippen LogP contribution in [0.2, 0.25) is 5.02 Å². The van der Waals surface area contributed by atoms with Crippen LogP contribution in [0.4, 0.5) is 5.69 Å². The van der Waals surface area contributed by atoms with Crippen LogP contribution in [0, 0.1) is 0 Å². The lowest BCUT2D eigenvalue weighted by Crippen LogP contribution is -2.16. The molecule has 27 heavy (non-hydrogen) atoms. The number of aromatic nitrogens is 1. The average Bonchev–Trinajstić information content (AvgIpc) is 3.05. The first kappa shape index (κ1) is 18.9. The van der Waals surface area contributed by atoms with Crippen LogP contribution in [0.3, 0.4) is 0 Å². The summed E-state index contributed by atoms with van der Waals surface area (Å²) in [5, 5.41) is 10.3. The van der Waals surface area contributed by atoms with Crippen LogP contribution in [0.15, 0.2) is 41.4 Å². The number of ether oxygens (including phenoxy) is 1. The second kappa shape index (κ2) is 7.01. The third-order valence-electron chi connectivity index (χ3n) is 3.80. The first-order valence-electron chi connectivity index (χ1n) is 7.82. The molecule has 0 unspecified atom stereocenters. The molecule has 0 fully saturated rings. The predicted octanol–water partition coefficient (Wildman–Crippen LogP) is 2.83. The highest BCUT2D eigenvalue weighted by molar-refractivity contribution is 7.92. The molecule has 2 aromatic carbocycles. The third kappa shape index (κ3) is 3.64. The maximum Gasteiger partial charge on any atom is 0.261 e. The third-order valence-corrected chi connectivity index (χ3v) is 5.44. The number of benzene rings is 2. The summed E-state index contributed by atoms with van der Waals surface area (Å²) in [5.41, 5.74) is 5.70. The van der Waals surface area contributed by atoms with Crippen LogP contribution < -0.4 is 15.2 Å². The number of H-pyrrole nitrogens is 1. The molecule has 0 aliphatic rings. The number of nitrogens with two attached hydrogens (primary N) is 1. The number of hydrogen-bond acceptors (Lipinski definition) is 5. The van der Waals surface area contributed by atoms with Crippen molar-refractivity contribution in [3.63, 3.8) is 0 Å². The lowest BCUT2D eigenvalue weighted by Gasteiger charge is -2.13. The molecule has 0 radical (unpaired) electrons. The Morgan fingerprint density at radius 2 is 2.07 bits per heavy atom. The summed E-state index contributed by atoms with van der Waals surface area (Å²) in [6, 6.07) is 6.96. The molecule has 0 aliphatic carbocycles. The molecule has 10 heteroatoms. The van der Waals surface area contributed by atoms with E-state index in [1.165, 1.54) is 0 Å². The Kier molecular flexibility index (Phi) is 4.90. The number of carbonyl (C=O) groups is 1. The Morgan fingerprint density at radius 1 is 1.33 bits per heavy atom. The average molecular weight is 410 g/mol. The summed E-state index contributed by atoms with van der Waals surface area (Å²) >= 11 is 5.83. The molecule has 8 nitrogen and oxygen atoms in total. The van der Waals surface area contributed by atoms with Crippen LogP contribution in [0.5, 0.6) is 11.5 Å². The molecule has 5 N–H and O–H groups in total. The summed E-state index contributed by atoms with van der Waals surface area (Å²) in [5.74, 6) is -1.07. The van der Waals surface area contributed by atoms with Crippen molar-refractivity contribution < 1.29 is 23.1 Å². The number of hydrogen-bond donors (Lipinski definition) is 4. The lowest BCUT2D eigenvalue weighted by molar-refractivity contribution is 0.0997. The van der Waals surface area contributed by atoms with Gasteiger partial charge in [0.05, 0.1) is 33.3 Å². The van der Waals surface area contributed by atoms with Crippen molar-refractivity contribution in [3.05, 3.63) is 47.1 Å². The van der Waals surface area contributed by atoms with Crippen LogP contribution in [0.25, 0.3) is 10.9 Å². The fourth-order valence-electron chi connectivity index (χ4n) is 2.60. The quantitative estimate of drug-likeness (QED) is 0.496. The fourth-order valence-corrected chi connectivity index (χ4v) is 3.97. The number of anilines is 1. The van der Waals surface area contributed by atoms with Crippen molar-refractivity contribution in [2.24, 2.45) is 5.73 Å². The van der Waals surface area contributed by atoms with Crippen molar-refractivity contribution in [1.29, 1.82) is 0 Å². The van der Waals surface area contributed by atoms with Gasteiger partial charge in [-0.25, -0.2) is 8.42 Å². The summed E-state index contributed by atoms with van der Waals surface area (Å²) in [4.78, 5) is 14.1. The highest BCUT2D eigenvalue weighted by Gasteiger charge is 2.21. The topological polar surface area (TPSA) is 135 Å². The van der Waals surface area contributed by atoms with Gasteiger partial charge in [-0.3, -0.25) is 9.52 Å². The van der Waals surface area contributed by atoms with Crippen molar-refractivity contribution >= 4 is 44.1 Å². The van der Waals surface area contributed by atoms with Crippen LogP contribution in [0.1, 0.15) is 17.3 Å². The van der Waals surface area contributed by atoms with Gasteiger partial charge in [0.25, 0.3) is 15.9 Å². The minimum Gasteiger partial charge on any atom is -0.506 e. The number of phenols is 1. The molecule has 0 saturated carbocycles. The Hall–Kier alpha value is -2.91. The molecular weight excluding hydrogens is 394 g/mol. The summed E-state index contributed by atoms with van der Waals surface area (Å²) < 4.78 is 33.4. The Balaban J connectivity index is 2.05. The Bertz CT molecular complexity index is 1140. The van der Waals surface area contributed by atoms with Gasteiger partial charge >= 0.3 is 0 Å². The number of primary amides is 1. The molecule has 3 aromatic rings. The molecule has 1 aromatic heterocycles. The molecule has 0 spiro atoms. The molecule has 0 atom stereocenters. The zero-order valence-electron chi connectivity index (χ0n) is 14.1. The molecule has 1 heterocycles. The fraction of sp³-hybridized carbons (Fsp3) is 0.118. The van der Waals surface area contributed by atoms with E-state index in [0.29, 0.717) is 17.9 Å². The lowest BCUT2D eigenvalue weighted by atomic mass is 10.2. The van der Waals surface area contributed by atoms with Gasteiger partial charge < -0.3 is 20.6 Å². The number of aromatic hydroxyl groups is 1. The molecule has 1 amide bonds. The number of nitrogens with one attached hydrogen (secondary N) is 2. The number of halogens is 1. The molecule has 3 rings (SSSR count). The number of aromatic amines is 1. The van der Waals surface area contributed by atoms with E-state index in [0.717, 1.165) is 17.5 Å². The van der Waals surface area contributed by atoms with Gasteiger partial charge in [-0.2, -0.15) is 0 Å². The first-order valence-corrected chi connectivity index (χ1v) is 9.68.